The first-order valence-corrected chi connectivity index (χ1v) is 14.3. The molecule has 1 saturated carbocycles. The zero-order valence-electron chi connectivity index (χ0n) is 25.4. The molecular formula is C33H36N2O9. The summed E-state index contributed by atoms with van der Waals surface area (Å²) in [6.45, 7) is 0.443. The lowest BCUT2D eigenvalue weighted by atomic mass is 9.51. The molecule has 11 nitrogen and oxygen atoms in total. The number of methoxy groups -OCH3 is 5. The van der Waals surface area contributed by atoms with Crippen molar-refractivity contribution in [1.29, 1.82) is 0 Å². The van der Waals surface area contributed by atoms with E-state index in [-0.39, 0.29) is 13.1 Å². The van der Waals surface area contributed by atoms with Crippen LogP contribution in [0.3, 0.4) is 0 Å². The fraction of sp³-hybridized carbons (Fsp3) is 0.394. The minimum Gasteiger partial charge on any atom is -0.493 e. The van der Waals surface area contributed by atoms with Gasteiger partial charge < -0.3 is 23.7 Å². The van der Waals surface area contributed by atoms with Crippen LogP contribution in [-0.4, -0.2) is 82.1 Å². The van der Waals surface area contributed by atoms with Gasteiger partial charge in [-0.2, -0.15) is 0 Å². The summed E-state index contributed by atoms with van der Waals surface area (Å²) in [6.07, 6.45) is 7.30. The van der Waals surface area contributed by atoms with Crippen LogP contribution in [0.4, 0.5) is 0 Å². The van der Waals surface area contributed by atoms with Crippen LogP contribution in [0.25, 0.3) is 0 Å². The molecule has 0 aromatic heterocycles. The molecule has 4 amide bonds. The quantitative estimate of drug-likeness (QED) is 0.396. The average Bonchev–Trinajstić information content (AvgIpc) is 3.03. The van der Waals surface area contributed by atoms with Gasteiger partial charge in [0.1, 0.15) is 0 Å². The first-order chi connectivity index (χ1) is 21.3. The highest BCUT2D eigenvalue weighted by molar-refractivity contribution is 6.06. The monoisotopic (exact) mass is 604 g/mol. The second-order valence-electron chi connectivity index (χ2n) is 10.7. The number of carbonyl (C=O) groups excluding carboxylic acids is 4. The van der Waals surface area contributed by atoms with Gasteiger partial charge in [0, 0.05) is 24.9 Å². The number of ether oxygens (including phenoxy) is 5. The van der Waals surface area contributed by atoms with E-state index in [1.165, 1.54) is 57.5 Å². The Morgan fingerprint density at radius 2 is 1.07 bits per heavy atom. The van der Waals surface area contributed by atoms with Crippen molar-refractivity contribution < 1.29 is 42.9 Å². The molecule has 2 aromatic rings. The van der Waals surface area contributed by atoms with Crippen molar-refractivity contribution in [1.82, 2.24) is 9.80 Å². The number of hydrogen-bond donors (Lipinski definition) is 0. The van der Waals surface area contributed by atoms with E-state index in [1.54, 1.807) is 42.5 Å². The van der Waals surface area contributed by atoms with Crippen molar-refractivity contribution in [2.24, 2.45) is 11.8 Å². The van der Waals surface area contributed by atoms with E-state index in [9.17, 15) is 19.2 Å². The van der Waals surface area contributed by atoms with E-state index in [0.717, 1.165) is 0 Å². The molecule has 2 atom stereocenters. The smallest absolute Gasteiger partial charge is 0.252 e. The topological polar surface area (TPSA) is 121 Å². The summed E-state index contributed by atoms with van der Waals surface area (Å²) < 4.78 is 27.7. The van der Waals surface area contributed by atoms with Crippen molar-refractivity contribution >= 4 is 23.6 Å². The molecule has 0 radical (unpaired) electrons. The SMILES string of the molecule is COc1ccc(C2[C@H](C(=O)N3CCC=CC3=O)C(c3cc(OC)c(OC)c(OC)c3)[C@H]2C(=O)N2CCC=CC2=O)cc1OC. The van der Waals surface area contributed by atoms with Crippen molar-refractivity contribution in [3.63, 3.8) is 0 Å². The maximum Gasteiger partial charge on any atom is 0.252 e. The third kappa shape index (κ3) is 5.27. The van der Waals surface area contributed by atoms with Gasteiger partial charge in [0.05, 0.1) is 47.4 Å². The minimum absolute atomic E-state index is 0.222. The summed E-state index contributed by atoms with van der Waals surface area (Å²) in [4.78, 5) is 57.2. The Bertz CT molecular complexity index is 1450. The van der Waals surface area contributed by atoms with Gasteiger partial charge in [0.15, 0.2) is 23.0 Å². The average molecular weight is 605 g/mol. The van der Waals surface area contributed by atoms with Gasteiger partial charge in [-0.1, -0.05) is 18.2 Å². The fourth-order valence-electron chi connectivity index (χ4n) is 6.52. The van der Waals surface area contributed by atoms with Gasteiger partial charge in [-0.15, -0.1) is 0 Å². The Hall–Kier alpha value is -4.80. The fourth-order valence-corrected chi connectivity index (χ4v) is 6.52. The zero-order valence-corrected chi connectivity index (χ0v) is 25.4. The zero-order chi connectivity index (χ0) is 31.5. The Labute approximate surface area is 255 Å². The van der Waals surface area contributed by atoms with Gasteiger partial charge in [0.25, 0.3) is 11.8 Å². The molecular weight excluding hydrogens is 568 g/mol. The third-order valence-corrected chi connectivity index (χ3v) is 8.61. The van der Waals surface area contributed by atoms with Crippen molar-refractivity contribution in [3.8, 4) is 28.7 Å². The molecule has 2 aromatic carbocycles. The van der Waals surface area contributed by atoms with E-state index >= 15 is 0 Å². The van der Waals surface area contributed by atoms with E-state index in [1.807, 2.05) is 0 Å². The lowest BCUT2D eigenvalue weighted by Crippen LogP contribution is -2.59. The predicted molar refractivity (Wildman–Crippen MR) is 159 cm³/mol. The summed E-state index contributed by atoms with van der Waals surface area (Å²) in [7, 11) is 7.48. The molecule has 0 spiro atoms. The van der Waals surface area contributed by atoms with Crippen molar-refractivity contribution in [2.45, 2.75) is 24.7 Å². The molecule has 5 rings (SSSR count). The maximum absolute atomic E-state index is 14.4. The van der Waals surface area contributed by atoms with Crippen LogP contribution in [0.1, 0.15) is 35.8 Å². The summed E-state index contributed by atoms with van der Waals surface area (Å²) in [6, 6.07) is 8.67. The summed E-state index contributed by atoms with van der Waals surface area (Å²) in [5.74, 6) is -2.83. The normalized spacial score (nSPS) is 22.8. The van der Waals surface area contributed by atoms with Crippen LogP contribution in [-0.2, 0) is 19.2 Å². The minimum atomic E-state index is -0.851. The highest BCUT2D eigenvalue weighted by Crippen LogP contribution is 2.60. The first kappa shape index (κ1) is 30.7. The predicted octanol–water partition coefficient (Wildman–Crippen LogP) is 3.47. The number of rotatable bonds is 9. The number of hydrogen-bond acceptors (Lipinski definition) is 9. The molecule has 0 N–H and O–H groups in total. The molecule has 3 aliphatic rings. The van der Waals surface area contributed by atoms with Crippen LogP contribution in [0.15, 0.2) is 54.6 Å². The summed E-state index contributed by atoms with van der Waals surface area (Å²) in [5, 5.41) is 0. The van der Waals surface area contributed by atoms with Crippen molar-refractivity contribution in [3.05, 3.63) is 65.8 Å². The molecule has 1 aliphatic carbocycles. The van der Waals surface area contributed by atoms with E-state index in [0.29, 0.717) is 52.7 Å². The third-order valence-electron chi connectivity index (χ3n) is 8.61. The summed E-state index contributed by atoms with van der Waals surface area (Å²) >= 11 is 0. The number of nitrogens with zero attached hydrogens (tertiary/aromatic N) is 2. The Morgan fingerprint density at radius 3 is 1.50 bits per heavy atom. The Balaban J connectivity index is 1.71. The molecule has 0 saturated heterocycles. The molecule has 44 heavy (non-hydrogen) atoms. The molecule has 232 valence electrons. The highest BCUT2D eigenvalue weighted by Gasteiger charge is 2.60. The van der Waals surface area contributed by atoms with Gasteiger partial charge in [-0.05, 0) is 60.4 Å². The number of carbonyl (C=O) groups is 4. The molecule has 2 aliphatic heterocycles. The highest BCUT2D eigenvalue weighted by atomic mass is 16.5. The van der Waals surface area contributed by atoms with Crippen molar-refractivity contribution in [2.75, 3.05) is 48.6 Å². The van der Waals surface area contributed by atoms with Crippen LogP contribution in [0.5, 0.6) is 28.7 Å². The van der Waals surface area contributed by atoms with E-state index in [4.69, 9.17) is 23.7 Å². The molecule has 1 fully saturated rings. The van der Waals surface area contributed by atoms with Gasteiger partial charge in [-0.3, -0.25) is 29.0 Å². The number of imide groups is 2. The number of benzene rings is 2. The van der Waals surface area contributed by atoms with Crippen LogP contribution in [0.2, 0.25) is 0 Å². The van der Waals surface area contributed by atoms with E-state index in [2.05, 4.69) is 0 Å². The first-order valence-electron chi connectivity index (χ1n) is 14.3. The molecule has 0 unspecified atom stereocenters. The van der Waals surface area contributed by atoms with Crippen LogP contribution < -0.4 is 23.7 Å². The second-order valence-corrected chi connectivity index (χ2v) is 10.7. The largest absolute Gasteiger partial charge is 0.493 e. The maximum atomic E-state index is 14.4. The summed E-state index contributed by atoms with van der Waals surface area (Å²) in [5.41, 5.74) is 1.22. The molecule has 11 heteroatoms. The molecule has 0 bridgehead atoms. The van der Waals surface area contributed by atoms with Gasteiger partial charge in [-0.25, -0.2) is 0 Å². The lowest BCUT2D eigenvalue weighted by molar-refractivity contribution is -0.157. The van der Waals surface area contributed by atoms with E-state index < -0.39 is 47.3 Å². The Kier molecular flexibility index (Phi) is 8.93. The lowest BCUT2D eigenvalue weighted by Gasteiger charge is -2.52. The molecule has 2 heterocycles. The van der Waals surface area contributed by atoms with Gasteiger partial charge >= 0.3 is 0 Å². The van der Waals surface area contributed by atoms with Gasteiger partial charge in [0.2, 0.25) is 17.6 Å². The standard InChI is InChI=1S/C33H36N2O9/c1-40-21-13-12-19(16-22(21)41-2)27-29(32(38)34-14-8-6-10-25(34)36)28(30(27)33(39)35-15-9-7-11-26(35)37)20-17-23(42-3)31(44-5)24(18-20)43-4/h6-7,10-13,16-18,27-30H,8-9,14-15H2,1-5H3/t27?,28?,29-,30-/m0/s1. The van der Waals surface area contributed by atoms with Crippen LogP contribution in [0, 0.1) is 11.8 Å². The second kappa shape index (κ2) is 12.8. The van der Waals surface area contributed by atoms with Crippen LogP contribution >= 0.6 is 0 Å². The Morgan fingerprint density at radius 1 is 0.614 bits per heavy atom. The number of amides is 4.